The molecule has 4 rings (SSSR count). The standard InChI is InChI=1S/C25H22BrNO4/c1-31-24(29)25(30)16-21(17-8-4-2-5-9-17)22(27(25)20-10-6-3-7-11-20)23(28)18-12-14-19(26)15-13-18/h2-15,21-22,30H,16H2,1H3/t21-,22+,25-/m0/s1. The monoisotopic (exact) mass is 479 g/mol. The molecule has 5 nitrogen and oxygen atoms in total. The number of methoxy groups -OCH3 is 1. The Morgan fingerprint density at radius 3 is 2.13 bits per heavy atom. The zero-order chi connectivity index (χ0) is 22.0. The fourth-order valence-electron chi connectivity index (χ4n) is 4.32. The van der Waals surface area contributed by atoms with Gasteiger partial charge in [0.1, 0.15) is 6.04 Å². The van der Waals surface area contributed by atoms with E-state index in [1.807, 2.05) is 48.5 Å². The lowest BCUT2D eigenvalue weighted by Crippen LogP contribution is -2.55. The molecule has 3 aromatic rings. The van der Waals surface area contributed by atoms with Crippen LogP contribution in [-0.4, -0.2) is 35.7 Å². The molecule has 1 heterocycles. The van der Waals surface area contributed by atoms with Crippen LogP contribution < -0.4 is 4.90 Å². The molecule has 0 saturated carbocycles. The first-order valence-corrected chi connectivity index (χ1v) is 10.7. The van der Waals surface area contributed by atoms with E-state index in [2.05, 4.69) is 15.9 Å². The molecule has 0 spiro atoms. The molecule has 6 heteroatoms. The molecule has 158 valence electrons. The first-order valence-electron chi connectivity index (χ1n) is 9.95. The molecule has 0 aliphatic carbocycles. The van der Waals surface area contributed by atoms with Crippen LogP contribution in [0.25, 0.3) is 0 Å². The normalized spacial score (nSPS) is 22.9. The number of aliphatic hydroxyl groups is 1. The van der Waals surface area contributed by atoms with Crippen molar-refractivity contribution in [3.05, 3.63) is 101 Å². The van der Waals surface area contributed by atoms with Gasteiger partial charge >= 0.3 is 5.97 Å². The summed E-state index contributed by atoms with van der Waals surface area (Å²) < 4.78 is 5.84. The first kappa shape index (κ1) is 21.3. The number of rotatable bonds is 5. The number of para-hydroxylation sites is 1. The third-order valence-corrected chi connectivity index (χ3v) is 6.26. The number of carbonyl (C=O) groups excluding carboxylic acids is 2. The summed E-state index contributed by atoms with van der Waals surface area (Å²) in [6, 6.07) is 24.8. The van der Waals surface area contributed by atoms with Gasteiger partial charge in [0, 0.05) is 28.1 Å². The molecular formula is C25H22BrNO4. The highest BCUT2D eigenvalue weighted by Gasteiger charge is 2.58. The van der Waals surface area contributed by atoms with Crippen molar-refractivity contribution in [2.45, 2.75) is 24.1 Å². The Labute approximate surface area is 189 Å². The lowest BCUT2D eigenvalue weighted by Gasteiger charge is -2.36. The average Bonchev–Trinajstić information content (AvgIpc) is 3.14. The number of ketones is 1. The highest BCUT2D eigenvalue weighted by molar-refractivity contribution is 9.10. The third kappa shape index (κ3) is 3.89. The highest BCUT2D eigenvalue weighted by atomic mass is 79.9. The van der Waals surface area contributed by atoms with Gasteiger partial charge in [0.25, 0.3) is 0 Å². The maximum absolute atomic E-state index is 13.8. The van der Waals surface area contributed by atoms with Crippen molar-refractivity contribution in [1.29, 1.82) is 0 Å². The molecule has 3 aromatic carbocycles. The zero-order valence-corrected chi connectivity index (χ0v) is 18.5. The Morgan fingerprint density at radius 1 is 0.968 bits per heavy atom. The van der Waals surface area contributed by atoms with Crippen molar-refractivity contribution in [3.8, 4) is 0 Å². The third-order valence-electron chi connectivity index (χ3n) is 5.73. The van der Waals surface area contributed by atoms with Gasteiger partial charge in [-0.25, -0.2) is 4.79 Å². The zero-order valence-electron chi connectivity index (χ0n) is 16.9. The van der Waals surface area contributed by atoms with E-state index in [4.69, 9.17) is 4.74 Å². The topological polar surface area (TPSA) is 66.8 Å². The molecule has 0 unspecified atom stereocenters. The highest BCUT2D eigenvalue weighted by Crippen LogP contribution is 2.46. The van der Waals surface area contributed by atoms with Crippen molar-refractivity contribution >= 4 is 33.4 Å². The van der Waals surface area contributed by atoms with Crippen molar-refractivity contribution in [1.82, 2.24) is 0 Å². The van der Waals surface area contributed by atoms with E-state index in [-0.39, 0.29) is 12.2 Å². The predicted octanol–water partition coefficient (Wildman–Crippen LogP) is 4.56. The van der Waals surface area contributed by atoms with E-state index in [0.717, 1.165) is 10.0 Å². The van der Waals surface area contributed by atoms with Gasteiger partial charge in [0.05, 0.1) is 7.11 Å². The lowest BCUT2D eigenvalue weighted by molar-refractivity contribution is -0.161. The maximum Gasteiger partial charge on any atom is 0.359 e. The van der Waals surface area contributed by atoms with Gasteiger partial charge in [-0.05, 0) is 29.8 Å². The minimum absolute atomic E-state index is 0.0332. The lowest BCUT2D eigenvalue weighted by atomic mass is 9.86. The molecule has 0 bridgehead atoms. The van der Waals surface area contributed by atoms with Crippen molar-refractivity contribution in [3.63, 3.8) is 0 Å². The molecule has 31 heavy (non-hydrogen) atoms. The molecule has 0 radical (unpaired) electrons. The molecular weight excluding hydrogens is 458 g/mol. The Bertz CT molecular complexity index is 1070. The number of hydrogen-bond acceptors (Lipinski definition) is 5. The number of esters is 1. The summed E-state index contributed by atoms with van der Waals surface area (Å²) in [6.45, 7) is 0. The molecule has 1 N–H and O–H groups in total. The second-order valence-electron chi connectivity index (χ2n) is 7.55. The van der Waals surface area contributed by atoms with Crippen molar-refractivity contribution < 1.29 is 19.4 Å². The van der Waals surface area contributed by atoms with E-state index >= 15 is 0 Å². The Hall–Kier alpha value is -2.96. The molecule has 1 aliphatic heterocycles. The van der Waals surface area contributed by atoms with Gasteiger partial charge in [0.15, 0.2) is 5.78 Å². The summed E-state index contributed by atoms with van der Waals surface area (Å²) in [5.41, 5.74) is -0.0288. The largest absolute Gasteiger partial charge is 0.465 e. The molecule has 0 amide bonds. The van der Waals surface area contributed by atoms with Crippen LogP contribution in [0.4, 0.5) is 5.69 Å². The first-order chi connectivity index (χ1) is 15.0. The molecule has 3 atom stereocenters. The van der Waals surface area contributed by atoms with Crippen LogP contribution in [-0.2, 0) is 9.53 Å². The van der Waals surface area contributed by atoms with Crippen molar-refractivity contribution in [2.75, 3.05) is 12.0 Å². The second-order valence-corrected chi connectivity index (χ2v) is 8.47. The summed E-state index contributed by atoms with van der Waals surface area (Å²) in [4.78, 5) is 28.1. The summed E-state index contributed by atoms with van der Waals surface area (Å²) in [5.74, 6) is -1.38. The quantitative estimate of drug-likeness (QED) is 0.429. The van der Waals surface area contributed by atoms with E-state index in [0.29, 0.717) is 11.3 Å². The molecule has 1 aliphatic rings. The van der Waals surface area contributed by atoms with Gasteiger partial charge in [-0.2, -0.15) is 0 Å². The number of hydrogen-bond donors (Lipinski definition) is 1. The fourth-order valence-corrected chi connectivity index (χ4v) is 4.58. The average molecular weight is 480 g/mol. The summed E-state index contributed by atoms with van der Waals surface area (Å²) >= 11 is 3.40. The number of carbonyl (C=O) groups is 2. The second kappa shape index (κ2) is 8.65. The minimum atomic E-state index is -1.98. The molecule has 1 saturated heterocycles. The van der Waals surface area contributed by atoms with E-state index in [1.54, 1.807) is 36.4 Å². The van der Waals surface area contributed by atoms with Crippen LogP contribution in [0.15, 0.2) is 89.4 Å². The summed E-state index contributed by atoms with van der Waals surface area (Å²) in [5, 5.41) is 11.6. The Morgan fingerprint density at radius 2 is 1.55 bits per heavy atom. The smallest absolute Gasteiger partial charge is 0.359 e. The van der Waals surface area contributed by atoms with Crippen LogP contribution in [0.2, 0.25) is 0 Å². The number of nitrogens with zero attached hydrogens (tertiary/aromatic N) is 1. The van der Waals surface area contributed by atoms with Gasteiger partial charge in [-0.15, -0.1) is 0 Å². The van der Waals surface area contributed by atoms with E-state index < -0.39 is 23.7 Å². The van der Waals surface area contributed by atoms with Crippen LogP contribution in [0.5, 0.6) is 0 Å². The maximum atomic E-state index is 13.8. The number of halogens is 1. The van der Waals surface area contributed by atoms with Gasteiger partial charge in [-0.1, -0.05) is 76.6 Å². The number of anilines is 1. The summed E-state index contributed by atoms with van der Waals surface area (Å²) in [6.07, 6.45) is 0.0332. The van der Waals surface area contributed by atoms with Crippen LogP contribution >= 0.6 is 15.9 Å². The van der Waals surface area contributed by atoms with Crippen molar-refractivity contribution in [2.24, 2.45) is 0 Å². The van der Waals surface area contributed by atoms with E-state index in [9.17, 15) is 14.7 Å². The Kier molecular flexibility index (Phi) is 5.94. The van der Waals surface area contributed by atoms with Crippen LogP contribution in [0, 0.1) is 0 Å². The summed E-state index contributed by atoms with van der Waals surface area (Å²) in [7, 11) is 1.24. The Balaban J connectivity index is 1.90. The predicted molar refractivity (Wildman–Crippen MR) is 122 cm³/mol. The number of benzene rings is 3. The minimum Gasteiger partial charge on any atom is -0.465 e. The molecule has 1 fully saturated rings. The van der Waals surface area contributed by atoms with Gasteiger partial charge in [0.2, 0.25) is 5.72 Å². The van der Waals surface area contributed by atoms with Crippen LogP contribution in [0.3, 0.4) is 0 Å². The molecule has 0 aromatic heterocycles. The van der Waals surface area contributed by atoms with Gasteiger partial charge in [-0.3, -0.25) is 4.79 Å². The number of ether oxygens (including phenoxy) is 1. The SMILES string of the molecule is COC(=O)[C@@]1(O)C[C@@H](c2ccccc2)[C@H](C(=O)c2ccc(Br)cc2)N1c1ccccc1. The van der Waals surface area contributed by atoms with E-state index in [1.165, 1.54) is 12.0 Å². The fraction of sp³-hybridized carbons (Fsp3) is 0.200. The van der Waals surface area contributed by atoms with Gasteiger partial charge < -0.3 is 14.7 Å². The van der Waals surface area contributed by atoms with Crippen LogP contribution in [0.1, 0.15) is 28.3 Å². The number of Topliss-reactive ketones (excluding diaryl/α,β-unsaturated/α-hetero) is 1.